The van der Waals surface area contributed by atoms with Crippen molar-refractivity contribution in [1.82, 2.24) is 9.61 Å². The number of fused-ring (bicyclic) bond motifs is 1. The Morgan fingerprint density at radius 1 is 1.57 bits per heavy atom. The number of esters is 1. The Labute approximate surface area is 78.9 Å². The van der Waals surface area contributed by atoms with Crippen LogP contribution in [0.3, 0.4) is 0 Å². The summed E-state index contributed by atoms with van der Waals surface area (Å²) in [6, 6.07) is 4.90. The van der Waals surface area contributed by atoms with Crippen molar-refractivity contribution in [2.24, 2.45) is 0 Å². The number of nitrogens with zero attached hydrogens (tertiary/aromatic N) is 2. The van der Waals surface area contributed by atoms with Gasteiger partial charge in [0.25, 0.3) is 0 Å². The lowest BCUT2D eigenvalue weighted by molar-refractivity contribution is 0.0588. The largest absolute Gasteiger partial charge is 0.464 e. The van der Waals surface area contributed by atoms with E-state index in [9.17, 15) is 9.18 Å². The summed E-state index contributed by atoms with van der Waals surface area (Å²) in [4.78, 5) is 11.1. The van der Waals surface area contributed by atoms with Gasteiger partial charge in [0.1, 0.15) is 5.52 Å². The fourth-order valence-corrected chi connectivity index (χ4v) is 1.20. The van der Waals surface area contributed by atoms with Crippen LogP contribution in [-0.2, 0) is 4.74 Å². The number of ether oxygens (including phenoxy) is 1. The molecule has 0 amide bonds. The van der Waals surface area contributed by atoms with Crippen molar-refractivity contribution in [3.8, 4) is 0 Å². The molecular weight excluding hydrogens is 187 g/mol. The fourth-order valence-electron chi connectivity index (χ4n) is 1.20. The number of carbonyl (C=O) groups is 1. The summed E-state index contributed by atoms with van der Waals surface area (Å²) in [6.45, 7) is 0. The third kappa shape index (κ3) is 1.14. The molecule has 0 N–H and O–H groups in total. The van der Waals surface area contributed by atoms with Crippen LogP contribution in [0.4, 0.5) is 4.39 Å². The Balaban J connectivity index is 2.68. The fraction of sp³-hybridized carbons (Fsp3) is 0.111. The van der Waals surface area contributed by atoms with Gasteiger partial charge in [0.15, 0.2) is 5.82 Å². The molecule has 0 bridgehead atoms. The number of aromatic nitrogens is 2. The molecule has 0 saturated heterocycles. The van der Waals surface area contributed by atoms with E-state index in [-0.39, 0.29) is 11.2 Å². The van der Waals surface area contributed by atoms with Crippen LogP contribution in [0.5, 0.6) is 0 Å². The molecule has 0 aliphatic carbocycles. The summed E-state index contributed by atoms with van der Waals surface area (Å²) in [6.07, 6.45) is 1.56. The quantitative estimate of drug-likeness (QED) is 0.642. The molecule has 2 aromatic heterocycles. The first-order valence-electron chi connectivity index (χ1n) is 3.95. The van der Waals surface area contributed by atoms with Crippen LogP contribution >= 0.6 is 0 Å². The van der Waals surface area contributed by atoms with Gasteiger partial charge in [0.2, 0.25) is 5.69 Å². The first-order valence-corrected chi connectivity index (χ1v) is 3.95. The molecule has 0 aliphatic heterocycles. The molecule has 0 atom stereocenters. The predicted molar refractivity (Wildman–Crippen MR) is 46.5 cm³/mol. The third-order valence-corrected chi connectivity index (χ3v) is 1.86. The molecule has 0 aliphatic rings. The van der Waals surface area contributed by atoms with Crippen molar-refractivity contribution in [1.29, 1.82) is 0 Å². The third-order valence-electron chi connectivity index (χ3n) is 1.86. The van der Waals surface area contributed by atoms with Crippen LogP contribution in [0.15, 0.2) is 24.4 Å². The van der Waals surface area contributed by atoms with Crippen molar-refractivity contribution in [3.05, 3.63) is 35.9 Å². The maximum Gasteiger partial charge on any atom is 0.361 e. The minimum Gasteiger partial charge on any atom is -0.464 e. The molecule has 2 heterocycles. The van der Waals surface area contributed by atoms with Crippen molar-refractivity contribution < 1.29 is 13.9 Å². The number of hydrogen-bond acceptors (Lipinski definition) is 3. The molecule has 0 radical (unpaired) electrons. The summed E-state index contributed by atoms with van der Waals surface area (Å²) in [5.41, 5.74) is -0.0356. The normalized spacial score (nSPS) is 10.4. The average molecular weight is 194 g/mol. The summed E-state index contributed by atoms with van der Waals surface area (Å²) in [5, 5.41) is 3.75. The highest BCUT2D eigenvalue weighted by molar-refractivity contribution is 5.89. The molecule has 4 nitrogen and oxygen atoms in total. The SMILES string of the molecule is COC(=O)c1nn2ccccc2c1F. The van der Waals surface area contributed by atoms with Gasteiger partial charge in [-0.25, -0.2) is 13.7 Å². The van der Waals surface area contributed by atoms with Gasteiger partial charge in [0, 0.05) is 6.20 Å². The minimum atomic E-state index is -0.772. The van der Waals surface area contributed by atoms with Crippen LogP contribution in [0, 0.1) is 5.82 Å². The Kier molecular flexibility index (Phi) is 1.92. The molecule has 2 rings (SSSR count). The van der Waals surface area contributed by atoms with E-state index in [1.165, 1.54) is 17.7 Å². The summed E-state index contributed by atoms with van der Waals surface area (Å²) >= 11 is 0. The summed E-state index contributed by atoms with van der Waals surface area (Å²) < 4.78 is 19.2. The van der Waals surface area contributed by atoms with Crippen LogP contribution in [0.1, 0.15) is 10.5 Å². The maximum absolute atomic E-state index is 13.5. The lowest BCUT2D eigenvalue weighted by Crippen LogP contribution is -2.04. The molecule has 0 fully saturated rings. The number of carbonyl (C=O) groups excluding carboxylic acids is 1. The van der Waals surface area contributed by atoms with Crippen LogP contribution in [-0.4, -0.2) is 22.7 Å². The van der Waals surface area contributed by atoms with Gasteiger partial charge in [-0.1, -0.05) is 6.07 Å². The summed E-state index contributed by atoms with van der Waals surface area (Å²) in [7, 11) is 1.19. The molecule has 5 heteroatoms. The van der Waals surface area contributed by atoms with E-state index in [1.807, 2.05) is 0 Å². The highest BCUT2D eigenvalue weighted by Gasteiger charge is 2.19. The standard InChI is InChI=1S/C9H7FN2O2/c1-14-9(13)8-7(10)6-4-2-3-5-12(6)11-8/h2-5H,1H3. The Morgan fingerprint density at radius 3 is 3.00 bits per heavy atom. The average Bonchev–Trinajstić information content (AvgIpc) is 2.56. The maximum atomic E-state index is 13.5. The molecule has 0 aromatic carbocycles. The van der Waals surface area contributed by atoms with Gasteiger partial charge < -0.3 is 4.74 Å². The van der Waals surface area contributed by atoms with Gasteiger partial charge >= 0.3 is 5.97 Å². The van der Waals surface area contributed by atoms with Gasteiger partial charge in [-0.05, 0) is 12.1 Å². The van der Waals surface area contributed by atoms with E-state index >= 15 is 0 Å². The zero-order valence-electron chi connectivity index (χ0n) is 7.40. The Hall–Kier alpha value is -1.91. The first kappa shape index (κ1) is 8.68. The van der Waals surface area contributed by atoms with Crippen molar-refractivity contribution in [2.75, 3.05) is 7.11 Å². The lowest BCUT2D eigenvalue weighted by Gasteiger charge is -1.91. The highest BCUT2D eigenvalue weighted by atomic mass is 19.1. The van der Waals surface area contributed by atoms with E-state index < -0.39 is 11.8 Å². The van der Waals surface area contributed by atoms with E-state index in [1.54, 1.807) is 18.3 Å². The van der Waals surface area contributed by atoms with E-state index in [0.29, 0.717) is 0 Å². The molecular formula is C9H7FN2O2. The van der Waals surface area contributed by atoms with Crippen LogP contribution < -0.4 is 0 Å². The summed E-state index contributed by atoms with van der Waals surface area (Å²) in [5.74, 6) is -1.43. The minimum absolute atomic E-state index is 0.257. The van der Waals surface area contributed by atoms with Crippen molar-refractivity contribution >= 4 is 11.5 Å². The molecule has 72 valence electrons. The molecule has 14 heavy (non-hydrogen) atoms. The monoisotopic (exact) mass is 194 g/mol. The highest BCUT2D eigenvalue weighted by Crippen LogP contribution is 2.13. The molecule has 0 spiro atoms. The van der Waals surface area contributed by atoms with E-state index in [4.69, 9.17) is 0 Å². The number of rotatable bonds is 1. The zero-order chi connectivity index (χ0) is 10.1. The van der Waals surface area contributed by atoms with Gasteiger partial charge in [-0.15, -0.1) is 0 Å². The van der Waals surface area contributed by atoms with Crippen LogP contribution in [0.25, 0.3) is 5.52 Å². The van der Waals surface area contributed by atoms with E-state index in [0.717, 1.165) is 0 Å². The second kappa shape index (κ2) is 3.10. The lowest BCUT2D eigenvalue weighted by atomic mass is 10.3. The van der Waals surface area contributed by atoms with Crippen LogP contribution in [0.2, 0.25) is 0 Å². The zero-order valence-corrected chi connectivity index (χ0v) is 7.40. The number of halogens is 1. The van der Waals surface area contributed by atoms with Gasteiger partial charge in [-0.2, -0.15) is 5.10 Å². The second-order valence-corrected chi connectivity index (χ2v) is 2.68. The van der Waals surface area contributed by atoms with E-state index in [2.05, 4.69) is 9.84 Å². The topological polar surface area (TPSA) is 43.6 Å². The molecule has 0 saturated carbocycles. The van der Waals surface area contributed by atoms with Crippen molar-refractivity contribution in [3.63, 3.8) is 0 Å². The molecule has 0 unspecified atom stereocenters. The Morgan fingerprint density at radius 2 is 2.36 bits per heavy atom. The van der Waals surface area contributed by atoms with Crippen molar-refractivity contribution in [2.45, 2.75) is 0 Å². The number of methoxy groups -OCH3 is 1. The Bertz CT molecular complexity index is 493. The smallest absolute Gasteiger partial charge is 0.361 e. The van der Waals surface area contributed by atoms with Gasteiger partial charge in [0.05, 0.1) is 7.11 Å². The van der Waals surface area contributed by atoms with Gasteiger partial charge in [-0.3, -0.25) is 0 Å². The predicted octanol–water partition coefficient (Wildman–Crippen LogP) is 1.26. The molecule has 2 aromatic rings. The number of pyridine rings is 1. The second-order valence-electron chi connectivity index (χ2n) is 2.68. The first-order chi connectivity index (χ1) is 6.74. The number of hydrogen-bond donors (Lipinski definition) is 0.